The zero-order valence-electron chi connectivity index (χ0n) is 11.6. The van der Waals surface area contributed by atoms with Crippen LogP contribution < -0.4 is 5.48 Å². The Morgan fingerprint density at radius 3 is 2.15 bits per heavy atom. The molecule has 3 heteroatoms. The van der Waals surface area contributed by atoms with Gasteiger partial charge in [0.1, 0.15) is 0 Å². The summed E-state index contributed by atoms with van der Waals surface area (Å²) >= 11 is 0. The summed E-state index contributed by atoms with van der Waals surface area (Å²) in [7, 11) is 0. The van der Waals surface area contributed by atoms with Crippen LogP contribution in [0.4, 0.5) is 0 Å². The molecule has 2 aromatic rings. The fraction of sp³-hybridized carbons (Fsp3) is 0.235. The Balaban J connectivity index is 1.74. The molecule has 0 aliphatic heterocycles. The van der Waals surface area contributed by atoms with Gasteiger partial charge in [-0.2, -0.15) is 0 Å². The molecule has 0 aliphatic carbocycles. The van der Waals surface area contributed by atoms with Crippen LogP contribution in [-0.4, -0.2) is 5.97 Å². The van der Waals surface area contributed by atoms with Crippen LogP contribution in [0, 0.1) is 5.92 Å². The number of carbonyl (C=O) groups excluding carboxylic acids is 1. The molecular formula is C17H19NO2. The smallest absolute Gasteiger partial charge is 0.327 e. The highest BCUT2D eigenvalue weighted by Crippen LogP contribution is 2.09. The van der Waals surface area contributed by atoms with E-state index in [-0.39, 0.29) is 11.9 Å². The van der Waals surface area contributed by atoms with Gasteiger partial charge in [0.25, 0.3) is 0 Å². The molecule has 0 bridgehead atoms. The van der Waals surface area contributed by atoms with Gasteiger partial charge in [-0.3, -0.25) is 4.79 Å². The first-order valence-corrected chi connectivity index (χ1v) is 6.77. The molecule has 1 unspecified atom stereocenters. The van der Waals surface area contributed by atoms with E-state index in [2.05, 4.69) is 5.48 Å². The Kier molecular flexibility index (Phi) is 5.33. The van der Waals surface area contributed by atoms with Crippen molar-refractivity contribution in [2.24, 2.45) is 5.92 Å². The van der Waals surface area contributed by atoms with Crippen molar-refractivity contribution in [1.82, 2.24) is 5.48 Å². The predicted molar refractivity (Wildman–Crippen MR) is 78.7 cm³/mol. The van der Waals surface area contributed by atoms with Gasteiger partial charge in [-0.25, -0.2) is 0 Å². The molecule has 20 heavy (non-hydrogen) atoms. The van der Waals surface area contributed by atoms with E-state index in [4.69, 9.17) is 4.84 Å². The molecule has 0 spiro atoms. The maximum Gasteiger partial charge on any atom is 0.327 e. The number of hydrogen-bond acceptors (Lipinski definition) is 3. The highest BCUT2D eigenvalue weighted by Gasteiger charge is 2.15. The summed E-state index contributed by atoms with van der Waals surface area (Å²) in [6.07, 6.45) is 0.687. The van der Waals surface area contributed by atoms with Crippen LogP contribution in [0.1, 0.15) is 18.1 Å². The van der Waals surface area contributed by atoms with Gasteiger partial charge in [-0.1, -0.05) is 67.6 Å². The number of nitrogens with one attached hydrogen (secondary N) is 1. The van der Waals surface area contributed by atoms with Gasteiger partial charge < -0.3 is 4.84 Å². The predicted octanol–water partition coefficient (Wildman–Crippen LogP) is 3.11. The van der Waals surface area contributed by atoms with E-state index in [0.29, 0.717) is 13.0 Å². The lowest BCUT2D eigenvalue weighted by molar-refractivity contribution is -0.156. The zero-order valence-corrected chi connectivity index (χ0v) is 11.6. The van der Waals surface area contributed by atoms with Crippen molar-refractivity contribution < 1.29 is 9.63 Å². The molecular weight excluding hydrogens is 250 g/mol. The van der Waals surface area contributed by atoms with Gasteiger partial charge in [-0.05, 0) is 17.5 Å². The van der Waals surface area contributed by atoms with E-state index in [1.54, 1.807) is 0 Å². The van der Waals surface area contributed by atoms with Crippen LogP contribution in [0.5, 0.6) is 0 Å². The van der Waals surface area contributed by atoms with Crippen molar-refractivity contribution in [3.05, 3.63) is 71.8 Å². The molecule has 0 aromatic heterocycles. The van der Waals surface area contributed by atoms with Gasteiger partial charge in [-0.15, -0.1) is 5.48 Å². The minimum absolute atomic E-state index is 0.166. The third-order valence-corrected chi connectivity index (χ3v) is 3.08. The van der Waals surface area contributed by atoms with Gasteiger partial charge in [0.05, 0.1) is 12.5 Å². The van der Waals surface area contributed by atoms with Crippen LogP contribution in [0.3, 0.4) is 0 Å². The largest absolute Gasteiger partial charge is 0.370 e. The third-order valence-electron chi connectivity index (χ3n) is 3.08. The van der Waals surface area contributed by atoms with Crippen molar-refractivity contribution in [2.75, 3.05) is 0 Å². The van der Waals surface area contributed by atoms with Crippen molar-refractivity contribution >= 4 is 5.97 Å². The van der Waals surface area contributed by atoms with E-state index in [1.165, 1.54) is 0 Å². The first kappa shape index (κ1) is 14.3. The van der Waals surface area contributed by atoms with E-state index < -0.39 is 0 Å². The van der Waals surface area contributed by atoms with E-state index in [0.717, 1.165) is 11.1 Å². The quantitative estimate of drug-likeness (QED) is 0.819. The Morgan fingerprint density at radius 1 is 1.00 bits per heavy atom. The molecule has 1 atom stereocenters. The SMILES string of the molecule is CC(Cc1ccccc1)C(=O)ONCc1ccccc1. The first-order chi connectivity index (χ1) is 9.75. The highest BCUT2D eigenvalue weighted by molar-refractivity contribution is 5.72. The second kappa shape index (κ2) is 7.46. The molecule has 0 amide bonds. The molecule has 104 valence electrons. The fourth-order valence-corrected chi connectivity index (χ4v) is 1.94. The second-order valence-corrected chi connectivity index (χ2v) is 4.82. The number of carbonyl (C=O) groups is 1. The van der Waals surface area contributed by atoms with Gasteiger partial charge in [0, 0.05) is 0 Å². The van der Waals surface area contributed by atoms with Crippen LogP contribution in [0.2, 0.25) is 0 Å². The van der Waals surface area contributed by atoms with Crippen LogP contribution in [-0.2, 0) is 22.6 Å². The maximum atomic E-state index is 11.9. The molecule has 0 saturated carbocycles. The van der Waals surface area contributed by atoms with E-state index >= 15 is 0 Å². The van der Waals surface area contributed by atoms with Crippen LogP contribution in [0.15, 0.2) is 60.7 Å². The molecule has 0 aliphatic rings. The molecule has 1 N–H and O–H groups in total. The molecule has 0 radical (unpaired) electrons. The maximum absolute atomic E-state index is 11.9. The molecule has 2 aromatic carbocycles. The Labute approximate surface area is 119 Å². The van der Waals surface area contributed by atoms with E-state index in [9.17, 15) is 4.79 Å². The minimum Gasteiger partial charge on any atom is -0.370 e. The second-order valence-electron chi connectivity index (χ2n) is 4.82. The van der Waals surface area contributed by atoms with Gasteiger partial charge in [0.2, 0.25) is 0 Å². The van der Waals surface area contributed by atoms with Crippen molar-refractivity contribution in [3.63, 3.8) is 0 Å². The lowest BCUT2D eigenvalue weighted by atomic mass is 10.0. The summed E-state index contributed by atoms with van der Waals surface area (Å²) in [4.78, 5) is 16.9. The Morgan fingerprint density at radius 2 is 1.55 bits per heavy atom. The summed E-state index contributed by atoms with van der Waals surface area (Å²) in [6.45, 7) is 2.39. The average molecular weight is 269 g/mol. The normalized spacial score (nSPS) is 11.8. The molecule has 2 rings (SSSR count). The molecule has 3 nitrogen and oxygen atoms in total. The van der Waals surface area contributed by atoms with Crippen LogP contribution in [0.25, 0.3) is 0 Å². The molecule has 0 heterocycles. The summed E-state index contributed by atoms with van der Waals surface area (Å²) in [6, 6.07) is 19.8. The van der Waals surface area contributed by atoms with Crippen LogP contribution >= 0.6 is 0 Å². The number of hydrogen-bond donors (Lipinski definition) is 1. The van der Waals surface area contributed by atoms with Gasteiger partial charge >= 0.3 is 5.97 Å². The number of benzene rings is 2. The van der Waals surface area contributed by atoms with Crippen molar-refractivity contribution in [3.8, 4) is 0 Å². The first-order valence-electron chi connectivity index (χ1n) is 6.77. The summed E-state index contributed by atoms with van der Waals surface area (Å²) in [5.41, 5.74) is 4.94. The zero-order chi connectivity index (χ0) is 14.2. The average Bonchev–Trinajstić information content (AvgIpc) is 2.49. The Hall–Kier alpha value is -2.13. The van der Waals surface area contributed by atoms with E-state index in [1.807, 2.05) is 67.6 Å². The topological polar surface area (TPSA) is 38.3 Å². The Bertz CT molecular complexity index is 525. The summed E-state index contributed by atoms with van der Waals surface area (Å²) < 4.78 is 0. The third kappa shape index (κ3) is 4.52. The lowest BCUT2D eigenvalue weighted by Crippen LogP contribution is -2.25. The summed E-state index contributed by atoms with van der Waals surface area (Å²) in [5, 5.41) is 0. The standard InChI is InChI=1S/C17H19NO2/c1-14(12-15-8-4-2-5-9-15)17(19)20-18-13-16-10-6-3-7-11-16/h2-11,14,18H,12-13H2,1H3. The summed E-state index contributed by atoms with van der Waals surface area (Å²) in [5.74, 6) is -0.398. The van der Waals surface area contributed by atoms with Crippen molar-refractivity contribution in [2.45, 2.75) is 19.9 Å². The molecule has 0 saturated heterocycles. The number of hydroxylamine groups is 1. The van der Waals surface area contributed by atoms with Crippen molar-refractivity contribution in [1.29, 1.82) is 0 Å². The van der Waals surface area contributed by atoms with Gasteiger partial charge in [0.15, 0.2) is 0 Å². The number of rotatable bonds is 6. The minimum atomic E-state index is -0.232. The highest BCUT2D eigenvalue weighted by atomic mass is 16.7. The molecule has 0 fully saturated rings. The fourth-order valence-electron chi connectivity index (χ4n) is 1.94. The lowest BCUT2D eigenvalue weighted by Gasteiger charge is -2.11. The monoisotopic (exact) mass is 269 g/mol.